The van der Waals surface area contributed by atoms with Crippen molar-refractivity contribution in [3.05, 3.63) is 65.7 Å². The van der Waals surface area contributed by atoms with Crippen molar-refractivity contribution >= 4 is 16.9 Å². The van der Waals surface area contributed by atoms with Gasteiger partial charge in [-0.3, -0.25) is 0 Å². The third kappa shape index (κ3) is 5.05. The number of benzene rings is 2. The molecule has 5 heteroatoms. The molecule has 0 saturated carbocycles. The van der Waals surface area contributed by atoms with Gasteiger partial charge in [-0.15, -0.1) is 6.58 Å². The molecule has 32 heavy (non-hydrogen) atoms. The van der Waals surface area contributed by atoms with Crippen molar-refractivity contribution < 1.29 is 23.8 Å². The highest BCUT2D eigenvalue weighted by atomic mass is 16.5. The lowest BCUT2D eigenvalue weighted by Crippen LogP contribution is -2.10. The number of furan rings is 1. The zero-order valence-corrected chi connectivity index (χ0v) is 19.4. The molecule has 2 aromatic carbocycles. The van der Waals surface area contributed by atoms with Crippen molar-refractivity contribution in [2.24, 2.45) is 0 Å². The van der Waals surface area contributed by atoms with E-state index >= 15 is 0 Å². The van der Waals surface area contributed by atoms with Crippen LogP contribution in [0.25, 0.3) is 22.3 Å². The summed E-state index contributed by atoms with van der Waals surface area (Å²) in [5.41, 5.74) is 3.41. The quantitative estimate of drug-likeness (QED) is 0.238. The first-order valence-electron chi connectivity index (χ1n) is 10.9. The van der Waals surface area contributed by atoms with E-state index in [1.165, 1.54) is 12.7 Å². The summed E-state index contributed by atoms with van der Waals surface area (Å²) in [6, 6.07) is 11.5. The summed E-state index contributed by atoms with van der Waals surface area (Å²) in [5, 5.41) is 10.3. The van der Waals surface area contributed by atoms with Gasteiger partial charge in [0.1, 0.15) is 11.3 Å². The molecule has 3 rings (SSSR count). The molecule has 0 unspecified atom stereocenters. The Kier molecular flexibility index (Phi) is 7.41. The normalized spacial score (nSPS) is 11.5. The van der Waals surface area contributed by atoms with Crippen LogP contribution in [0.5, 0.6) is 5.75 Å². The second-order valence-corrected chi connectivity index (χ2v) is 8.89. The molecule has 0 fully saturated rings. The average molecular weight is 437 g/mol. The second-order valence-electron chi connectivity index (χ2n) is 8.89. The number of esters is 1. The molecular weight excluding hydrogens is 404 g/mol. The van der Waals surface area contributed by atoms with Gasteiger partial charge in [0.25, 0.3) is 0 Å². The molecule has 1 N–H and O–H groups in total. The number of aliphatic hydroxyl groups excluding tert-OH is 1. The van der Waals surface area contributed by atoms with E-state index in [-0.39, 0.29) is 12.0 Å². The number of ether oxygens (including phenoxy) is 2. The molecule has 0 spiro atoms. The summed E-state index contributed by atoms with van der Waals surface area (Å²) in [5.74, 6) is 0.448. The van der Waals surface area contributed by atoms with E-state index in [1.807, 2.05) is 30.3 Å². The van der Waals surface area contributed by atoms with E-state index in [0.717, 1.165) is 24.8 Å². The average Bonchev–Trinajstić information content (AvgIpc) is 3.17. The van der Waals surface area contributed by atoms with Crippen LogP contribution in [0.2, 0.25) is 0 Å². The minimum atomic E-state index is -0.450. The number of carbonyl (C=O) groups excluding carboxylic acids is 1. The summed E-state index contributed by atoms with van der Waals surface area (Å²) in [7, 11) is 1.54. The fraction of sp³-hybridized carbons (Fsp3) is 0.370. The molecule has 0 aliphatic rings. The van der Waals surface area contributed by atoms with Crippen molar-refractivity contribution in [2.45, 2.75) is 52.1 Å². The van der Waals surface area contributed by atoms with E-state index in [0.29, 0.717) is 40.2 Å². The van der Waals surface area contributed by atoms with Crippen LogP contribution in [-0.4, -0.2) is 24.8 Å². The summed E-state index contributed by atoms with van der Waals surface area (Å²) in [6.45, 7) is 10.3. The zero-order chi connectivity index (χ0) is 23.3. The third-order valence-corrected chi connectivity index (χ3v) is 5.47. The Labute approximate surface area is 189 Å². The minimum Gasteiger partial charge on any atom is -0.493 e. The minimum absolute atomic E-state index is 0.0128. The maximum absolute atomic E-state index is 13.2. The largest absolute Gasteiger partial charge is 0.493 e. The Bertz CT molecular complexity index is 1080. The van der Waals surface area contributed by atoms with Gasteiger partial charge in [-0.05, 0) is 47.9 Å². The van der Waals surface area contributed by atoms with Gasteiger partial charge in [0, 0.05) is 10.9 Å². The van der Waals surface area contributed by atoms with Gasteiger partial charge in [-0.25, -0.2) is 4.79 Å². The fourth-order valence-corrected chi connectivity index (χ4v) is 3.62. The first-order chi connectivity index (χ1) is 15.3. The van der Waals surface area contributed by atoms with Crippen molar-refractivity contribution in [3.63, 3.8) is 0 Å². The van der Waals surface area contributed by atoms with Crippen molar-refractivity contribution in [1.82, 2.24) is 0 Å². The highest BCUT2D eigenvalue weighted by molar-refractivity contribution is 6.10. The number of fused-ring (bicyclic) bond motifs is 1. The summed E-state index contributed by atoms with van der Waals surface area (Å²) in [6.07, 6.45) is 4.41. The molecule has 0 amide bonds. The SMILES string of the molecule is C=CCCCCOC(=O)c1c(-c2ccc(C(C)(C)C)cc2)oc2c(OC)cc(CO)cc12. The molecule has 170 valence electrons. The van der Waals surface area contributed by atoms with Gasteiger partial charge in [0.15, 0.2) is 11.3 Å². The van der Waals surface area contributed by atoms with Gasteiger partial charge < -0.3 is 19.0 Å². The fourth-order valence-electron chi connectivity index (χ4n) is 3.62. The van der Waals surface area contributed by atoms with Gasteiger partial charge in [0.05, 0.1) is 20.3 Å². The van der Waals surface area contributed by atoms with Crippen molar-refractivity contribution in [3.8, 4) is 17.1 Å². The van der Waals surface area contributed by atoms with Crippen molar-refractivity contribution in [1.29, 1.82) is 0 Å². The van der Waals surface area contributed by atoms with E-state index < -0.39 is 5.97 Å². The van der Waals surface area contributed by atoms with Gasteiger partial charge >= 0.3 is 5.97 Å². The number of hydrogen-bond acceptors (Lipinski definition) is 5. The lowest BCUT2D eigenvalue weighted by Gasteiger charge is -2.19. The van der Waals surface area contributed by atoms with Crippen LogP contribution >= 0.6 is 0 Å². The molecule has 1 aromatic heterocycles. The Hall–Kier alpha value is -3.05. The van der Waals surface area contributed by atoms with Crippen LogP contribution in [0.3, 0.4) is 0 Å². The van der Waals surface area contributed by atoms with Crippen LogP contribution in [-0.2, 0) is 16.8 Å². The maximum Gasteiger partial charge on any atom is 0.342 e. The molecule has 0 atom stereocenters. The summed E-state index contributed by atoms with van der Waals surface area (Å²) < 4.78 is 17.2. The van der Waals surface area contributed by atoms with Gasteiger partial charge in [-0.2, -0.15) is 0 Å². The third-order valence-electron chi connectivity index (χ3n) is 5.47. The van der Waals surface area contributed by atoms with Gasteiger partial charge in [0.2, 0.25) is 0 Å². The number of hydrogen-bond donors (Lipinski definition) is 1. The van der Waals surface area contributed by atoms with Crippen LogP contribution < -0.4 is 4.74 Å². The second kappa shape index (κ2) is 10.0. The highest BCUT2D eigenvalue weighted by Crippen LogP contribution is 2.40. The molecule has 0 bridgehead atoms. The van der Waals surface area contributed by atoms with Crippen LogP contribution in [0.1, 0.15) is 61.5 Å². The molecule has 0 aliphatic carbocycles. The first kappa shape index (κ1) is 23.6. The predicted molar refractivity (Wildman–Crippen MR) is 127 cm³/mol. The smallest absolute Gasteiger partial charge is 0.342 e. The monoisotopic (exact) mass is 436 g/mol. The number of aliphatic hydroxyl groups is 1. The van der Waals surface area contributed by atoms with E-state index in [1.54, 1.807) is 12.1 Å². The molecular formula is C27H32O5. The first-order valence-corrected chi connectivity index (χ1v) is 10.9. The van der Waals surface area contributed by atoms with Crippen LogP contribution in [0.4, 0.5) is 0 Å². The van der Waals surface area contributed by atoms with E-state index in [4.69, 9.17) is 13.9 Å². The standard InChI is InChI=1S/C27H32O5/c1-6-7-8-9-14-31-26(29)23-21-15-18(17-28)16-22(30-5)25(21)32-24(23)19-10-12-20(13-11-19)27(2,3)4/h6,10-13,15-16,28H,1,7-9,14,17H2,2-5H3. The van der Waals surface area contributed by atoms with E-state index in [9.17, 15) is 9.90 Å². The van der Waals surface area contributed by atoms with Crippen LogP contribution in [0, 0.1) is 0 Å². The lowest BCUT2D eigenvalue weighted by molar-refractivity contribution is 0.0501. The Balaban J connectivity index is 2.09. The molecule has 0 saturated heterocycles. The topological polar surface area (TPSA) is 68.9 Å². The number of allylic oxidation sites excluding steroid dienone is 1. The Morgan fingerprint density at radius 2 is 1.88 bits per heavy atom. The Morgan fingerprint density at radius 3 is 2.47 bits per heavy atom. The Morgan fingerprint density at radius 1 is 1.16 bits per heavy atom. The predicted octanol–water partition coefficient (Wildman–Crippen LogP) is 6.41. The van der Waals surface area contributed by atoms with Crippen molar-refractivity contribution in [2.75, 3.05) is 13.7 Å². The number of rotatable bonds is 9. The highest BCUT2D eigenvalue weighted by Gasteiger charge is 2.26. The molecule has 0 radical (unpaired) electrons. The molecule has 1 heterocycles. The molecule has 0 aliphatic heterocycles. The summed E-state index contributed by atoms with van der Waals surface area (Å²) >= 11 is 0. The number of carbonyl (C=O) groups is 1. The van der Waals surface area contributed by atoms with Crippen LogP contribution in [0.15, 0.2) is 53.5 Å². The molecule has 5 nitrogen and oxygen atoms in total. The maximum atomic E-state index is 13.2. The lowest BCUT2D eigenvalue weighted by atomic mass is 9.86. The number of methoxy groups -OCH3 is 1. The number of unbranched alkanes of at least 4 members (excludes halogenated alkanes) is 2. The zero-order valence-electron chi connectivity index (χ0n) is 19.4. The van der Waals surface area contributed by atoms with E-state index in [2.05, 4.69) is 27.4 Å². The van der Waals surface area contributed by atoms with Gasteiger partial charge in [-0.1, -0.05) is 51.1 Å². The molecule has 3 aromatic rings. The summed E-state index contributed by atoms with van der Waals surface area (Å²) in [4.78, 5) is 13.2.